The molecule has 2 heterocycles. The molecule has 0 atom stereocenters. The van der Waals surface area contributed by atoms with Crippen LogP contribution in [-0.2, 0) is 13.0 Å². The zero-order valence-corrected chi connectivity index (χ0v) is 11.2. The highest BCUT2D eigenvalue weighted by Crippen LogP contribution is 2.11. The van der Waals surface area contributed by atoms with E-state index in [1.165, 1.54) is 0 Å². The van der Waals surface area contributed by atoms with E-state index in [-0.39, 0.29) is 5.91 Å². The predicted octanol–water partition coefficient (Wildman–Crippen LogP) is 1.80. The molecule has 0 saturated carbocycles. The van der Waals surface area contributed by atoms with Crippen LogP contribution in [0.5, 0.6) is 0 Å². The van der Waals surface area contributed by atoms with Gasteiger partial charge in [0.25, 0.3) is 5.91 Å². The maximum atomic E-state index is 11.8. The summed E-state index contributed by atoms with van der Waals surface area (Å²) >= 11 is 2.73. The zero-order valence-electron chi connectivity index (χ0n) is 9.56. The average Bonchev–Trinajstić information content (AvgIpc) is 2.94. The molecule has 0 saturated heterocycles. The molecule has 1 N–H and O–H groups in total. The summed E-state index contributed by atoms with van der Waals surface area (Å²) in [6.45, 7) is 4.29. The lowest BCUT2D eigenvalue weighted by Gasteiger charge is -2.00. The number of nitrogens with one attached hydrogen (secondary N) is 1. The largest absolute Gasteiger partial charge is 0.346 e. The smallest absolute Gasteiger partial charge is 0.265 e. The Bertz CT molecular complexity index is 520. The molecule has 17 heavy (non-hydrogen) atoms. The second kappa shape index (κ2) is 5.33. The number of amides is 1. The van der Waals surface area contributed by atoms with Crippen LogP contribution < -0.4 is 5.32 Å². The summed E-state index contributed by atoms with van der Waals surface area (Å²) < 4.78 is 3.73. The molecular weight excluding hydrogens is 256 g/mol. The van der Waals surface area contributed by atoms with E-state index in [4.69, 9.17) is 0 Å². The van der Waals surface area contributed by atoms with E-state index >= 15 is 0 Å². The first-order valence-corrected chi connectivity index (χ1v) is 6.86. The second-order valence-electron chi connectivity index (χ2n) is 3.46. The minimum atomic E-state index is -0.136. The lowest BCUT2D eigenvalue weighted by Crippen LogP contribution is -2.22. The summed E-state index contributed by atoms with van der Waals surface area (Å²) in [6.07, 6.45) is 0.927. The molecule has 90 valence electrons. The maximum Gasteiger partial charge on any atom is 0.265 e. The number of aryl methyl sites for hydroxylation is 2. The van der Waals surface area contributed by atoms with Crippen LogP contribution in [0.3, 0.4) is 0 Å². The molecule has 5 nitrogen and oxygen atoms in total. The van der Waals surface area contributed by atoms with Gasteiger partial charge in [0.1, 0.15) is 4.88 Å². The van der Waals surface area contributed by atoms with Crippen molar-refractivity contribution in [2.45, 2.75) is 26.8 Å². The SMILES string of the molecule is CCc1nc(CNC(=O)c2snnc2C)cs1. The Morgan fingerprint density at radius 3 is 2.94 bits per heavy atom. The van der Waals surface area contributed by atoms with Gasteiger partial charge in [0.2, 0.25) is 0 Å². The first-order chi connectivity index (χ1) is 8.20. The summed E-state index contributed by atoms with van der Waals surface area (Å²) in [5.41, 5.74) is 1.57. The predicted molar refractivity (Wildman–Crippen MR) is 67.3 cm³/mol. The van der Waals surface area contributed by atoms with Gasteiger partial charge in [0.05, 0.1) is 22.9 Å². The van der Waals surface area contributed by atoms with E-state index in [1.54, 1.807) is 18.3 Å². The van der Waals surface area contributed by atoms with Gasteiger partial charge in [-0.05, 0) is 24.9 Å². The molecule has 2 aromatic heterocycles. The fourth-order valence-corrected chi connectivity index (χ4v) is 2.60. The summed E-state index contributed by atoms with van der Waals surface area (Å²) in [5, 5.41) is 9.68. The van der Waals surface area contributed by atoms with Crippen LogP contribution in [-0.4, -0.2) is 20.5 Å². The second-order valence-corrected chi connectivity index (χ2v) is 5.15. The minimum absolute atomic E-state index is 0.136. The van der Waals surface area contributed by atoms with E-state index in [0.717, 1.165) is 28.7 Å². The van der Waals surface area contributed by atoms with Crippen molar-refractivity contribution in [3.05, 3.63) is 26.7 Å². The van der Waals surface area contributed by atoms with E-state index < -0.39 is 0 Å². The third-order valence-electron chi connectivity index (χ3n) is 2.19. The van der Waals surface area contributed by atoms with Crippen LogP contribution in [0.4, 0.5) is 0 Å². The number of hydrogen-bond donors (Lipinski definition) is 1. The van der Waals surface area contributed by atoms with Gasteiger partial charge >= 0.3 is 0 Å². The van der Waals surface area contributed by atoms with Crippen LogP contribution in [0, 0.1) is 6.92 Å². The first kappa shape index (κ1) is 12.1. The molecule has 2 aromatic rings. The minimum Gasteiger partial charge on any atom is -0.346 e. The molecule has 0 aromatic carbocycles. The Kier molecular flexibility index (Phi) is 3.80. The monoisotopic (exact) mass is 268 g/mol. The number of nitrogens with zero attached hydrogens (tertiary/aromatic N) is 3. The van der Waals surface area contributed by atoms with Gasteiger partial charge in [-0.2, -0.15) is 0 Å². The Hall–Kier alpha value is -1.34. The van der Waals surface area contributed by atoms with Crippen molar-refractivity contribution in [3.63, 3.8) is 0 Å². The molecule has 7 heteroatoms. The topological polar surface area (TPSA) is 67.8 Å². The Morgan fingerprint density at radius 1 is 1.53 bits per heavy atom. The van der Waals surface area contributed by atoms with Gasteiger partial charge in [0.15, 0.2) is 0 Å². The molecular formula is C10H12N4OS2. The Morgan fingerprint density at radius 2 is 2.35 bits per heavy atom. The van der Waals surface area contributed by atoms with E-state index in [9.17, 15) is 4.79 Å². The normalized spacial score (nSPS) is 10.5. The molecule has 0 spiro atoms. The molecule has 0 aliphatic rings. The van der Waals surface area contributed by atoms with E-state index in [0.29, 0.717) is 17.1 Å². The van der Waals surface area contributed by atoms with Crippen LogP contribution in [0.15, 0.2) is 5.38 Å². The van der Waals surface area contributed by atoms with Crippen molar-refractivity contribution in [1.82, 2.24) is 19.9 Å². The highest BCUT2D eigenvalue weighted by molar-refractivity contribution is 7.09. The van der Waals surface area contributed by atoms with Crippen LogP contribution in [0.25, 0.3) is 0 Å². The highest BCUT2D eigenvalue weighted by atomic mass is 32.1. The lowest BCUT2D eigenvalue weighted by atomic mass is 10.3. The summed E-state index contributed by atoms with van der Waals surface area (Å²) in [7, 11) is 0. The van der Waals surface area contributed by atoms with Gasteiger partial charge in [0, 0.05) is 5.38 Å². The Balaban J connectivity index is 1.94. The number of aromatic nitrogens is 3. The number of carbonyl (C=O) groups excluding carboxylic acids is 1. The van der Waals surface area contributed by atoms with Crippen molar-refractivity contribution >= 4 is 28.8 Å². The molecule has 1 amide bonds. The van der Waals surface area contributed by atoms with Crippen molar-refractivity contribution in [3.8, 4) is 0 Å². The van der Waals surface area contributed by atoms with E-state index in [1.807, 2.05) is 5.38 Å². The summed E-state index contributed by atoms with van der Waals surface area (Å²) in [5.74, 6) is -0.136. The molecule has 0 bridgehead atoms. The van der Waals surface area contributed by atoms with Crippen molar-refractivity contribution in [2.75, 3.05) is 0 Å². The molecule has 0 fully saturated rings. The van der Waals surface area contributed by atoms with Gasteiger partial charge in [-0.25, -0.2) is 4.98 Å². The number of rotatable bonds is 4. The quantitative estimate of drug-likeness (QED) is 0.918. The molecule has 2 rings (SSSR count). The Labute approximate surface area is 107 Å². The fourth-order valence-electron chi connectivity index (χ4n) is 1.28. The summed E-state index contributed by atoms with van der Waals surface area (Å²) in [4.78, 5) is 16.7. The summed E-state index contributed by atoms with van der Waals surface area (Å²) in [6, 6.07) is 0. The highest BCUT2D eigenvalue weighted by Gasteiger charge is 2.12. The fraction of sp³-hybridized carbons (Fsp3) is 0.400. The molecule has 0 unspecified atom stereocenters. The molecule has 0 aliphatic carbocycles. The maximum absolute atomic E-state index is 11.8. The van der Waals surface area contributed by atoms with Crippen LogP contribution in [0.2, 0.25) is 0 Å². The average molecular weight is 268 g/mol. The number of thiazole rings is 1. The van der Waals surface area contributed by atoms with Crippen molar-refractivity contribution in [1.29, 1.82) is 0 Å². The van der Waals surface area contributed by atoms with Gasteiger partial charge in [-0.3, -0.25) is 4.79 Å². The van der Waals surface area contributed by atoms with Crippen LogP contribution in [0.1, 0.15) is 33.0 Å². The lowest BCUT2D eigenvalue weighted by molar-refractivity contribution is 0.0953. The standard InChI is InChI=1S/C10H12N4OS2/c1-3-8-12-7(5-16-8)4-11-10(15)9-6(2)13-14-17-9/h5H,3-4H2,1-2H3,(H,11,15). The first-order valence-electron chi connectivity index (χ1n) is 5.21. The van der Waals surface area contributed by atoms with Gasteiger partial charge < -0.3 is 5.32 Å². The van der Waals surface area contributed by atoms with Gasteiger partial charge in [-0.15, -0.1) is 16.4 Å². The third-order valence-corrected chi connectivity index (χ3v) is 4.06. The number of carbonyl (C=O) groups is 1. The zero-order chi connectivity index (χ0) is 12.3. The van der Waals surface area contributed by atoms with E-state index in [2.05, 4.69) is 26.8 Å². The third kappa shape index (κ3) is 2.86. The molecule has 0 aliphatic heterocycles. The van der Waals surface area contributed by atoms with Gasteiger partial charge in [-0.1, -0.05) is 11.4 Å². The molecule has 0 radical (unpaired) electrons. The number of hydrogen-bond acceptors (Lipinski definition) is 6. The van der Waals surface area contributed by atoms with Crippen molar-refractivity contribution in [2.24, 2.45) is 0 Å². The van der Waals surface area contributed by atoms with Crippen molar-refractivity contribution < 1.29 is 4.79 Å². The van der Waals surface area contributed by atoms with Crippen LogP contribution >= 0.6 is 22.9 Å².